The Labute approximate surface area is 202 Å². The van der Waals surface area contributed by atoms with Crippen molar-refractivity contribution < 1.29 is 18.7 Å². The van der Waals surface area contributed by atoms with Gasteiger partial charge in [-0.2, -0.15) is 0 Å². The molecule has 0 saturated carbocycles. The summed E-state index contributed by atoms with van der Waals surface area (Å²) in [5, 5.41) is 5.42. The molecule has 0 unspecified atom stereocenters. The number of benzene rings is 2. The smallest absolute Gasteiger partial charge is 0.349 e. The summed E-state index contributed by atoms with van der Waals surface area (Å²) in [4.78, 5) is 38.3. The van der Waals surface area contributed by atoms with E-state index >= 15 is 0 Å². The standard InChI is InChI=1S/C25H20BrNO5S/c1-3-10-31-25(30)21-19(15-6-4-14(2)5-7-15)13-33-23(21)27-22(28)18-12-16-11-17(26)8-9-20(16)32-24(18)29/h4-9,11-13H,3,10H2,1-2H3,(H,27,28). The topological polar surface area (TPSA) is 85.6 Å². The number of thiophene rings is 1. The van der Waals surface area contributed by atoms with Crippen LogP contribution in [0.25, 0.3) is 22.1 Å². The third kappa shape index (κ3) is 4.91. The molecule has 2 heterocycles. The highest BCUT2D eigenvalue weighted by molar-refractivity contribution is 9.10. The number of fused-ring (bicyclic) bond motifs is 1. The fraction of sp³-hybridized carbons (Fsp3) is 0.160. The van der Waals surface area contributed by atoms with Crippen LogP contribution in [0.15, 0.2) is 67.6 Å². The van der Waals surface area contributed by atoms with Gasteiger partial charge in [0.25, 0.3) is 5.91 Å². The maximum Gasteiger partial charge on any atom is 0.349 e. The third-order valence-electron chi connectivity index (χ3n) is 4.96. The van der Waals surface area contributed by atoms with Crippen LogP contribution in [0.3, 0.4) is 0 Å². The summed E-state index contributed by atoms with van der Waals surface area (Å²) in [5.41, 5.74) is 2.31. The molecule has 0 radical (unpaired) electrons. The summed E-state index contributed by atoms with van der Waals surface area (Å²) in [6.45, 7) is 4.15. The first-order chi connectivity index (χ1) is 15.9. The molecule has 0 fully saturated rings. The average molecular weight is 526 g/mol. The number of anilines is 1. The van der Waals surface area contributed by atoms with Gasteiger partial charge in [0.1, 0.15) is 21.7 Å². The van der Waals surface area contributed by atoms with Crippen LogP contribution < -0.4 is 10.9 Å². The molecule has 0 spiro atoms. The Hall–Kier alpha value is -3.23. The summed E-state index contributed by atoms with van der Waals surface area (Å²) >= 11 is 4.57. The van der Waals surface area contributed by atoms with E-state index < -0.39 is 17.5 Å². The molecule has 1 N–H and O–H groups in total. The van der Waals surface area contributed by atoms with Gasteiger partial charge in [-0.25, -0.2) is 9.59 Å². The predicted octanol–water partition coefficient (Wildman–Crippen LogP) is 6.41. The number of aryl methyl sites for hydroxylation is 1. The van der Waals surface area contributed by atoms with E-state index in [0.717, 1.165) is 15.6 Å². The van der Waals surface area contributed by atoms with Crippen LogP contribution in [-0.2, 0) is 4.74 Å². The average Bonchev–Trinajstić information content (AvgIpc) is 3.21. The van der Waals surface area contributed by atoms with Crippen LogP contribution in [-0.4, -0.2) is 18.5 Å². The molecule has 0 aliphatic rings. The molecule has 2 aromatic heterocycles. The number of ether oxygens (including phenoxy) is 1. The Morgan fingerprint density at radius 1 is 1.12 bits per heavy atom. The molecule has 0 aliphatic carbocycles. The lowest BCUT2D eigenvalue weighted by Crippen LogP contribution is -2.21. The van der Waals surface area contributed by atoms with Crippen molar-refractivity contribution in [3.05, 3.63) is 85.5 Å². The van der Waals surface area contributed by atoms with Crippen LogP contribution in [0.4, 0.5) is 5.00 Å². The van der Waals surface area contributed by atoms with Crippen molar-refractivity contribution >= 4 is 55.1 Å². The van der Waals surface area contributed by atoms with E-state index in [4.69, 9.17) is 9.15 Å². The second-order valence-electron chi connectivity index (χ2n) is 7.44. The van der Waals surface area contributed by atoms with Gasteiger partial charge in [-0.15, -0.1) is 11.3 Å². The maximum absolute atomic E-state index is 13.0. The second-order valence-corrected chi connectivity index (χ2v) is 9.23. The molecular formula is C25H20BrNO5S. The fourth-order valence-electron chi connectivity index (χ4n) is 3.29. The van der Waals surface area contributed by atoms with E-state index in [1.54, 1.807) is 23.6 Å². The highest BCUT2D eigenvalue weighted by Crippen LogP contribution is 2.36. The quantitative estimate of drug-likeness (QED) is 0.232. The number of carbonyl (C=O) groups excluding carboxylic acids is 2. The highest BCUT2D eigenvalue weighted by Gasteiger charge is 2.24. The third-order valence-corrected chi connectivity index (χ3v) is 6.35. The highest BCUT2D eigenvalue weighted by atomic mass is 79.9. The fourth-order valence-corrected chi connectivity index (χ4v) is 4.62. The largest absolute Gasteiger partial charge is 0.462 e. The van der Waals surface area contributed by atoms with Crippen molar-refractivity contribution in [2.24, 2.45) is 0 Å². The first-order valence-electron chi connectivity index (χ1n) is 10.3. The normalized spacial score (nSPS) is 10.9. The van der Waals surface area contributed by atoms with Gasteiger partial charge in [0, 0.05) is 20.8 Å². The van der Waals surface area contributed by atoms with E-state index in [-0.39, 0.29) is 17.7 Å². The molecule has 0 atom stereocenters. The number of esters is 1. The predicted molar refractivity (Wildman–Crippen MR) is 133 cm³/mol. The minimum atomic E-state index is -0.757. The zero-order valence-corrected chi connectivity index (χ0v) is 20.3. The molecule has 4 aromatic rings. The SMILES string of the molecule is CCCOC(=O)c1c(-c2ccc(C)cc2)csc1NC(=O)c1cc2cc(Br)ccc2oc1=O. The molecule has 168 valence electrons. The van der Waals surface area contributed by atoms with Crippen LogP contribution in [0, 0.1) is 6.92 Å². The molecule has 8 heteroatoms. The first-order valence-corrected chi connectivity index (χ1v) is 11.9. The van der Waals surface area contributed by atoms with E-state index in [0.29, 0.717) is 28.0 Å². The number of carbonyl (C=O) groups is 2. The lowest BCUT2D eigenvalue weighted by Gasteiger charge is -2.09. The van der Waals surface area contributed by atoms with Gasteiger partial charge in [0.2, 0.25) is 0 Å². The number of amides is 1. The Kier molecular flexibility index (Phi) is 6.76. The van der Waals surface area contributed by atoms with Gasteiger partial charge in [-0.3, -0.25) is 4.79 Å². The van der Waals surface area contributed by atoms with Crippen molar-refractivity contribution in [1.29, 1.82) is 0 Å². The zero-order chi connectivity index (χ0) is 23.5. The van der Waals surface area contributed by atoms with Crippen LogP contribution in [0.2, 0.25) is 0 Å². The molecule has 0 saturated heterocycles. The summed E-state index contributed by atoms with van der Waals surface area (Å²) in [7, 11) is 0. The van der Waals surface area contributed by atoms with Gasteiger partial charge < -0.3 is 14.5 Å². The zero-order valence-electron chi connectivity index (χ0n) is 17.9. The van der Waals surface area contributed by atoms with Crippen LogP contribution in [0.5, 0.6) is 0 Å². The Bertz CT molecular complexity index is 1400. The molecule has 0 bridgehead atoms. The summed E-state index contributed by atoms with van der Waals surface area (Å²) in [6, 6.07) is 14.4. The minimum Gasteiger partial charge on any atom is -0.462 e. The van der Waals surface area contributed by atoms with Gasteiger partial charge in [-0.05, 0) is 43.2 Å². The number of nitrogens with one attached hydrogen (secondary N) is 1. The van der Waals surface area contributed by atoms with Crippen LogP contribution >= 0.6 is 27.3 Å². The summed E-state index contributed by atoms with van der Waals surface area (Å²) < 4.78 is 11.5. The minimum absolute atomic E-state index is 0.154. The van der Waals surface area contributed by atoms with Gasteiger partial charge in [-0.1, -0.05) is 52.7 Å². The lowest BCUT2D eigenvalue weighted by atomic mass is 10.0. The van der Waals surface area contributed by atoms with Gasteiger partial charge in [0.05, 0.1) is 6.61 Å². The monoisotopic (exact) mass is 525 g/mol. The maximum atomic E-state index is 13.0. The van der Waals surface area contributed by atoms with Crippen molar-refractivity contribution in [2.75, 3.05) is 11.9 Å². The Balaban J connectivity index is 1.73. The molecule has 0 aliphatic heterocycles. The van der Waals surface area contributed by atoms with Gasteiger partial charge >= 0.3 is 11.6 Å². The Morgan fingerprint density at radius 3 is 2.61 bits per heavy atom. The second kappa shape index (κ2) is 9.72. The van der Waals surface area contributed by atoms with E-state index in [1.165, 1.54) is 17.4 Å². The number of hydrogen-bond acceptors (Lipinski definition) is 6. The first kappa shape index (κ1) is 22.9. The van der Waals surface area contributed by atoms with E-state index in [2.05, 4.69) is 21.2 Å². The number of hydrogen-bond donors (Lipinski definition) is 1. The summed E-state index contributed by atoms with van der Waals surface area (Å²) in [6.07, 6.45) is 0.672. The molecule has 4 rings (SSSR count). The molecule has 33 heavy (non-hydrogen) atoms. The lowest BCUT2D eigenvalue weighted by molar-refractivity contribution is 0.0507. The van der Waals surface area contributed by atoms with Crippen molar-refractivity contribution in [3.63, 3.8) is 0 Å². The van der Waals surface area contributed by atoms with E-state index in [9.17, 15) is 14.4 Å². The van der Waals surface area contributed by atoms with Crippen LogP contribution in [0.1, 0.15) is 39.6 Å². The van der Waals surface area contributed by atoms with E-state index in [1.807, 2.05) is 38.1 Å². The van der Waals surface area contributed by atoms with Gasteiger partial charge in [0.15, 0.2) is 0 Å². The summed E-state index contributed by atoms with van der Waals surface area (Å²) in [5.74, 6) is -1.19. The Morgan fingerprint density at radius 2 is 1.88 bits per heavy atom. The molecule has 1 amide bonds. The van der Waals surface area contributed by atoms with Crippen molar-refractivity contribution in [3.8, 4) is 11.1 Å². The molecule has 6 nitrogen and oxygen atoms in total. The molecular weight excluding hydrogens is 506 g/mol. The number of rotatable bonds is 6. The van der Waals surface area contributed by atoms with Crippen molar-refractivity contribution in [1.82, 2.24) is 0 Å². The number of halogens is 1. The van der Waals surface area contributed by atoms with Crippen molar-refractivity contribution in [2.45, 2.75) is 20.3 Å². The molecule has 2 aromatic carbocycles.